The van der Waals surface area contributed by atoms with Crippen LogP contribution in [0.3, 0.4) is 0 Å². The van der Waals surface area contributed by atoms with E-state index in [2.05, 4.69) is 0 Å². The van der Waals surface area contributed by atoms with E-state index in [1.807, 2.05) is 0 Å². The largest absolute Gasteiger partial charge is 0.465 e. The Hall–Kier alpha value is -2.41. The van der Waals surface area contributed by atoms with Crippen molar-refractivity contribution in [1.82, 2.24) is 14.7 Å². The molecule has 186 valence electrons. The highest BCUT2D eigenvalue weighted by atomic mass is 35.5. The molecule has 1 heterocycles. The van der Waals surface area contributed by atoms with Gasteiger partial charge in [-0.3, -0.25) is 19.7 Å². The highest BCUT2D eigenvalue weighted by Gasteiger charge is 2.40. The van der Waals surface area contributed by atoms with Crippen molar-refractivity contribution in [1.29, 1.82) is 0 Å². The number of carbonyl (C=O) groups excluding carboxylic acids is 2. The van der Waals surface area contributed by atoms with Gasteiger partial charge in [-0.25, -0.2) is 13.9 Å². The summed E-state index contributed by atoms with van der Waals surface area (Å²) in [4.78, 5) is 25.6. The second-order valence-corrected chi connectivity index (χ2v) is 9.50. The molecule has 10 nitrogen and oxygen atoms in total. The smallest absolute Gasteiger partial charge is 0.320 e. The van der Waals surface area contributed by atoms with E-state index in [0.29, 0.717) is 16.5 Å². The maximum Gasteiger partial charge on any atom is 0.320 e. The van der Waals surface area contributed by atoms with E-state index in [1.54, 1.807) is 36.1 Å². The average Bonchev–Trinajstić information content (AvgIpc) is 2.80. The Kier molecular flexibility index (Phi) is 10.1. The number of nitrogens with one attached hydrogen (secondary N) is 1. The topological polar surface area (TPSA) is 125 Å². The summed E-state index contributed by atoms with van der Waals surface area (Å²) in [6.45, 7) is 1.88. The van der Waals surface area contributed by atoms with Crippen molar-refractivity contribution < 1.29 is 32.7 Å². The number of benzene rings is 2. The van der Waals surface area contributed by atoms with E-state index < -0.39 is 27.9 Å². The molecule has 0 bridgehead atoms. The molecule has 1 aliphatic rings. The number of hydrogen-bond donors (Lipinski definition) is 2. The fourth-order valence-corrected chi connectivity index (χ4v) is 5.08. The SMILES string of the molecule is CCOC(=O)CN1CCN(S(=O)(=O)c2ccc(Oc3ccc(Cl)cc3)cc2)C(C(=O)NO)C1.Cl. The van der Waals surface area contributed by atoms with Crippen LogP contribution in [0.15, 0.2) is 53.4 Å². The third-order valence-electron chi connectivity index (χ3n) is 4.97. The predicted octanol–water partition coefficient (Wildman–Crippen LogP) is 2.30. The molecule has 0 spiro atoms. The van der Waals surface area contributed by atoms with E-state index in [-0.39, 0.29) is 50.1 Å². The molecule has 1 saturated heterocycles. The molecule has 1 unspecified atom stereocenters. The van der Waals surface area contributed by atoms with Crippen LogP contribution in [-0.4, -0.2) is 73.5 Å². The summed E-state index contributed by atoms with van der Waals surface area (Å²) in [7, 11) is -4.08. The predicted molar refractivity (Wildman–Crippen MR) is 126 cm³/mol. The highest BCUT2D eigenvalue weighted by Crippen LogP contribution is 2.27. The number of rotatable bonds is 8. The standard InChI is InChI=1S/C21H24ClN3O7S.ClH/c1-2-31-20(26)14-24-11-12-25(19(13-24)21(27)23-28)33(29,30)18-9-7-17(8-10-18)32-16-5-3-15(22)4-6-16;/h3-10,19,28H,2,11-14H2,1H3,(H,23,27);1H. The number of nitrogens with zero attached hydrogens (tertiary/aromatic N) is 2. The normalized spacial score (nSPS) is 16.9. The molecule has 1 aliphatic heterocycles. The van der Waals surface area contributed by atoms with Gasteiger partial charge in [-0.1, -0.05) is 11.6 Å². The van der Waals surface area contributed by atoms with Gasteiger partial charge in [0.25, 0.3) is 5.91 Å². The van der Waals surface area contributed by atoms with E-state index in [1.165, 1.54) is 29.7 Å². The van der Waals surface area contributed by atoms with Crippen LogP contribution in [0.25, 0.3) is 0 Å². The quantitative estimate of drug-likeness (QED) is 0.300. The molecule has 13 heteroatoms. The summed E-state index contributed by atoms with van der Waals surface area (Å²) in [5.41, 5.74) is 1.51. The van der Waals surface area contributed by atoms with Crippen molar-refractivity contribution in [3.05, 3.63) is 53.6 Å². The highest BCUT2D eigenvalue weighted by molar-refractivity contribution is 7.89. The first kappa shape index (κ1) is 27.8. The Morgan fingerprint density at radius 1 is 1.09 bits per heavy atom. The van der Waals surface area contributed by atoms with Gasteiger partial charge in [0.1, 0.15) is 17.5 Å². The lowest BCUT2D eigenvalue weighted by Gasteiger charge is -2.38. The van der Waals surface area contributed by atoms with Crippen molar-refractivity contribution >= 4 is 45.9 Å². The van der Waals surface area contributed by atoms with Crippen LogP contribution >= 0.6 is 24.0 Å². The molecule has 1 amide bonds. The molecule has 0 aromatic heterocycles. The number of piperazine rings is 1. The Morgan fingerprint density at radius 2 is 1.68 bits per heavy atom. The number of esters is 1. The Labute approximate surface area is 208 Å². The van der Waals surface area contributed by atoms with Gasteiger partial charge in [-0.15, -0.1) is 12.4 Å². The second kappa shape index (κ2) is 12.3. The Morgan fingerprint density at radius 3 is 2.24 bits per heavy atom. The van der Waals surface area contributed by atoms with Crippen LogP contribution in [0.2, 0.25) is 5.02 Å². The van der Waals surface area contributed by atoms with Crippen LogP contribution in [-0.2, 0) is 24.3 Å². The molecule has 3 rings (SSSR count). The molecule has 1 fully saturated rings. The van der Waals surface area contributed by atoms with Gasteiger partial charge in [0, 0.05) is 24.7 Å². The molecule has 1 atom stereocenters. The zero-order valence-electron chi connectivity index (χ0n) is 18.2. The van der Waals surface area contributed by atoms with Gasteiger partial charge in [0.05, 0.1) is 18.0 Å². The zero-order chi connectivity index (χ0) is 24.0. The third kappa shape index (κ3) is 6.81. The average molecular weight is 534 g/mol. The number of halogens is 2. The summed E-state index contributed by atoms with van der Waals surface area (Å²) in [5.74, 6) is -0.421. The third-order valence-corrected chi connectivity index (χ3v) is 7.14. The number of hydrogen-bond acceptors (Lipinski definition) is 8. The minimum Gasteiger partial charge on any atom is -0.465 e. The lowest BCUT2D eigenvalue weighted by molar-refractivity contribution is -0.146. The first-order chi connectivity index (χ1) is 15.7. The monoisotopic (exact) mass is 533 g/mol. The molecular weight excluding hydrogens is 509 g/mol. The molecule has 0 radical (unpaired) electrons. The maximum atomic E-state index is 13.3. The molecule has 0 aliphatic carbocycles. The minimum absolute atomic E-state index is 0. The van der Waals surface area contributed by atoms with Crippen molar-refractivity contribution in [2.24, 2.45) is 0 Å². The fraction of sp³-hybridized carbons (Fsp3) is 0.333. The van der Waals surface area contributed by atoms with Gasteiger partial charge in [-0.2, -0.15) is 4.31 Å². The van der Waals surface area contributed by atoms with Gasteiger partial charge < -0.3 is 9.47 Å². The molecule has 34 heavy (non-hydrogen) atoms. The molecular formula is C21H25Cl2N3O7S. The Balaban J connectivity index is 0.00000408. The van der Waals surface area contributed by atoms with E-state index in [9.17, 15) is 18.0 Å². The minimum atomic E-state index is -4.08. The summed E-state index contributed by atoms with van der Waals surface area (Å²) in [6.07, 6.45) is 0. The van der Waals surface area contributed by atoms with E-state index in [0.717, 1.165) is 4.31 Å². The van der Waals surface area contributed by atoms with E-state index >= 15 is 0 Å². The van der Waals surface area contributed by atoms with E-state index in [4.69, 9.17) is 26.3 Å². The molecule has 2 aromatic carbocycles. The number of ether oxygens (including phenoxy) is 2. The summed E-state index contributed by atoms with van der Waals surface area (Å²) in [5, 5.41) is 9.69. The van der Waals surface area contributed by atoms with Crippen LogP contribution in [0.4, 0.5) is 0 Å². The second-order valence-electron chi connectivity index (χ2n) is 7.18. The van der Waals surface area contributed by atoms with Crippen molar-refractivity contribution in [3.8, 4) is 11.5 Å². The summed E-state index contributed by atoms with van der Waals surface area (Å²) < 4.78 is 38.1. The van der Waals surface area contributed by atoms with Crippen LogP contribution in [0, 0.1) is 0 Å². The lowest BCUT2D eigenvalue weighted by atomic mass is 10.2. The maximum absolute atomic E-state index is 13.3. The summed E-state index contributed by atoms with van der Waals surface area (Å²) >= 11 is 5.85. The van der Waals surface area contributed by atoms with Crippen LogP contribution in [0.5, 0.6) is 11.5 Å². The van der Waals surface area contributed by atoms with Crippen molar-refractivity contribution in [2.75, 3.05) is 32.8 Å². The molecule has 0 saturated carbocycles. The summed E-state index contributed by atoms with van der Waals surface area (Å²) in [6, 6.07) is 11.2. The molecule has 2 N–H and O–H groups in total. The number of sulfonamides is 1. The van der Waals surface area contributed by atoms with Gasteiger partial charge in [-0.05, 0) is 55.5 Å². The lowest BCUT2D eigenvalue weighted by Crippen LogP contribution is -2.60. The Bertz CT molecular complexity index is 1080. The van der Waals surface area contributed by atoms with Crippen LogP contribution < -0.4 is 10.2 Å². The molecule has 2 aromatic rings. The van der Waals surface area contributed by atoms with Gasteiger partial charge in [0.15, 0.2) is 0 Å². The number of hydroxylamine groups is 1. The fourth-order valence-electron chi connectivity index (χ4n) is 3.39. The number of amides is 1. The first-order valence-corrected chi connectivity index (χ1v) is 11.9. The zero-order valence-corrected chi connectivity index (χ0v) is 20.6. The number of carbonyl (C=O) groups is 2. The van der Waals surface area contributed by atoms with Gasteiger partial charge in [0.2, 0.25) is 10.0 Å². The van der Waals surface area contributed by atoms with Crippen molar-refractivity contribution in [2.45, 2.75) is 17.9 Å². The first-order valence-electron chi connectivity index (χ1n) is 10.1. The van der Waals surface area contributed by atoms with Crippen molar-refractivity contribution in [3.63, 3.8) is 0 Å². The van der Waals surface area contributed by atoms with Crippen LogP contribution in [0.1, 0.15) is 6.92 Å². The van der Waals surface area contributed by atoms with Gasteiger partial charge >= 0.3 is 5.97 Å².